The van der Waals surface area contributed by atoms with Crippen molar-refractivity contribution in [2.24, 2.45) is 0 Å². The lowest BCUT2D eigenvalue weighted by Gasteiger charge is -2.32. The van der Waals surface area contributed by atoms with Gasteiger partial charge in [-0.15, -0.1) is 0 Å². The average molecular weight is 259 g/mol. The van der Waals surface area contributed by atoms with Gasteiger partial charge in [-0.1, -0.05) is 12.1 Å². The van der Waals surface area contributed by atoms with Crippen molar-refractivity contribution in [1.82, 2.24) is 4.90 Å². The molecule has 1 atom stereocenters. The summed E-state index contributed by atoms with van der Waals surface area (Å²) in [6.07, 6.45) is 1.65. The molecule has 4 heteroatoms. The van der Waals surface area contributed by atoms with Gasteiger partial charge in [0.15, 0.2) is 0 Å². The molecule has 1 unspecified atom stereocenters. The van der Waals surface area contributed by atoms with Crippen LogP contribution in [0.3, 0.4) is 0 Å². The van der Waals surface area contributed by atoms with E-state index in [2.05, 4.69) is 29.0 Å². The molecule has 0 spiro atoms. The van der Waals surface area contributed by atoms with Gasteiger partial charge in [-0.25, -0.2) is 0 Å². The molecule has 1 aliphatic heterocycles. The van der Waals surface area contributed by atoms with Gasteiger partial charge >= 0.3 is 0 Å². The van der Waals surface area contributed by atoms with Crippen LogP contribution in [0.25, 0.3) is 0 Å². The second kappa shape index (κ2) is 6.44. The Hall–Kier alpha value is -1.73. The second-order valence-corrected chi connectivity index (χ2v) is 5.00. The van der Waals surface area contributed by atoms with Gasteiger partial charge in [0, 0.05) is 13.1 Å². The first-order chi connectivity index (χ1) is 9.26. The fourth-order valence-corrected chi connectivity index (χ4v) is 2.71. The van der Waals surface area contributed by atoms with Crippen LogP contribution in [-0.2, 0) is 0 Å². The molecule has 0 bridgehead atoms. The summed E-state index contributed by atoms with van der Waals surface area (Å²) in [4.78, 5) is 4.63. The van der Waals surface area contributed by atoms with Crippen LogP contribution in [0.4, 0.5) is 5.69 Å². The summed E-state index contributed by atoms with van der Waals surface area (Å²) < 4.78 is 5.45. The van der Waals surface area contributed by atoms with Crippen LogP contribution in [-0.4, -0.2) is 44.7 Å². The Morgan fingerprint density at radius 3 is 2.89 bits per heavy atom. The van der Waals surface area contributed by atoms with Crippen molar-refractivity contribution in [2.45, 2.75) is 18.9 Å². The molecule has 0 radical (unpaired) electrons. The third-order valence-corrected chi connectivity index (χ3v) is 3.62. The second-order valence-electron chi connectivity index (χ2n) is 5.00. The third-order valence-electron chi connectivity index (χ3n) is 3.62. The molecule has 19 heavy (non-hydrogen) atoms. The lowest BCUT2D eigenvalue weighted by atomic mass is 10.1. The summed E-state index contributed by atoms with van der Waals surface area (Å²) in [5.74, 6) is 0.884. The van der Waals surface area contributed by atoms with E-state index in [1.54, 1.807) is 7.11 Å². The summed E-state index contributed by atoms with van der Waals surface area (Å²) in [5.41, 5.74) is 1.10. The number of nitriles is 1. The fraction of sp³-hybridized carbons (Fsp3) is 0.533. The van der Waals surface area contributed by atoms with Crippen LogP contribution in [0, 0.1) is 11.3 Å². The van der Waals surface area contributed by atoms with Crippen LogP contribution in [0.1, 0.15) is 12.8 Å². The number of rotatable bonds is 3. The Morgan fingerprint density at radius 2 is 2.16 bits per heavy atom. The fourth-order valence-electron chi connectivity index (χ4n) is 2.71. The van der Waals surface area contributed by atoms with Gasteiger partial charge in [0.25, 0.3) is 0 Å². The molecule has 0 aliphatic carbocycles. The van der Waals surface area contributed by atoms with Crippen molar-refractivity contribution < 1.29 is 4.74 Å². The van der Waals surface area contributed by atoms with Gasteiger partial charge in [0.05, 0.1) is 31.3 Å². The van der Waals surface area contributed by atoms with Crippen molar-refractivity contribution in [1.29, 1.82) is 5.26 Å². The van der Waals surface area contributed by atoms with Crippen molar-refractivity contribution >= 4 is 5.69 Å². The first-order valence-corrected chi connectivity index (χ1v) is 6.71. The van der Waals surface area contributed by atoms with E-state index in [0.717, 1.165) is 37.5 Å². The molecule has 2 rings (SSSR count). The van der Waals surface area contributed by atoms with Gasteiger partial charge in [0.2, 0.25) is 0 Å². The number of ether oxygens (including phenoxy) is 1. The zero-order valence-corrected chi connectivity index (χ0v) is 11.7. The zero-order chi connectivity index (χ0) is 13.7. The van der Waals surface area contributed by atoms with Gasteiger partial charge in [-0.3, -0.25) is 0 Å². The summed E-state index contributed by atoms with van der Waals surface area (Å²) >= 11 is 0. The van der Waals surface area contributed by atoms with Gasteiger partial charge in [-0.2, -0.15) is 5.26 Å². The number of hydrogen-bond donors (Lipinski definition) is 0. The number of para-hydroxylation sites is 2. The maximum atomic E-state index is 9.06. The van der Waals surface area contributed by atoms with E-state index in [0.29, 0.717) is 6.42 Å². The smallest absolute Gasteiger partial charge is 0.142 e. The summed E-state index contributed by atoms with van der Waals surface area (Å²) in [7, 11) is 3.82. The maximum absolute atomic E-state index is 9.06. The molecule has 1 heterocycles. The van der Waals surface area contributed by atoms with Crippen LogP contribution in [0.5, 0.6) is 5.75 Å². The standard InChI is InChI=1S/C15H21N3O/c1-17-10-5-11-18(13(12-17)8-9-16)14-6-3-4-7-15(14)19-2/h3-4,6-7,13H,5,8,10-12H2,1-2H3. The predicted molar refractivity (Wildman–Crippen MR) is 76.5 cm³/mol. The lowest BCUT2D eigenvalue weighted by molar-refractivity contribution is 0.331. The number of likely N-dealkylation sites (N-methyl/N-ethyl adjacent to an activating group) is 1. The first-order valence-electron chi connectivity index (χ1n) is 6.71. The molecule has 0 saturated carbocycles. The van der Waals surface area contributed by atoms with Crippen molar-refractivity contribution in [3.63, 3.8) is 0 Å². The average Bonchev–Trinajstić information content (AvgIpc) is 2.60. The highest BCUT2D eigenvalue weighted by Crippen LogP contribution is 2.31. The lowest BCUT2D eigenvalue weighted by Crippen LogP contribution is -2.40. The predicted octanol–water partition coefficient (Wildman–Crippen LogP) is 2.12. The maximum Gasteiger partial charge on any atom is 0.142 e. The summed E-state index contributed by atoms with van der Waals surface area (Å²) in [5, 5.41) is 9.06. The van der Waals surface area contributed by atoms with Crippen molar-refractivity contribution in [3.05, 3.63) is 24.3 Å². The highest BCUT2D eigenvalue weighted by atomic mass is 16.5. The number of hydrogen-bond acceptors (Lipinski definition) is 4. The third kappa shape index (κ3) is 3.18. The SMILES string of the molecule is COc1ccccc1N1CCCN(C)CC1CC#N. The molecule has 0 amide bonds. The van der Waals surface area contributed by atoms with E-state index < -0.39 is 0 Å². The number of anilines is 1. The van der Waals surface area contributed by atoms with Crippen molar-refractivity contribution in [3.8, 4) is 11.8 Å². The molecule has 1 aromatic carbocycles. The summed E-state index contributed by atoms with van der Waals surface area (Å²) in [6, 6.07) is 10.6. The molecule has 1 saturated heterocycles. The molecule has 0 N–H and O–H groups in total. The zero-order valence-electron chi connectivity index (χ0n) is 11.7. The van der Waals surface area contributed by atoms with Gasteiger partial charge in [-0.05, 0) is 32.1 Å². The molecular weight excluding hydrogens is 238 g/mol. The Kier molecular flexibility index (Phi) is 4.64. The minimum atomic E-state index is 0.230. The van der Waals surface area contributed by atoms with E-state index in [4.69, 9.17) is 10.00 Å². The van der Waals surface area contributed by atoms with Crippen LogP contribution < -0.4 is 9.64 Å². The normalized spacial score (nSPS) is 20.7. The van der Waals surface area contributed by atoms with Crippen LogP contribution in [0.15, 0.2) is 24.3 Å². The molecule has 0 aromatic heterocycles. The molecule has 1 aliphatic rings. The minimum Gasteiger partial charge on any atom is -0.495 e. The number of methoxy groups -OCH3 is 1. The highest BCUT2D eigenvalue weighted by Gasteiger charge is 2.25. The van der Waals surface area contributed by atoms with Crippen molar-refractivity contribution in [2.75, 3.05) is 38.7 Å². The van der Waals surface area contributed by atoms with E-state index in [9.17, 15) is 0 Å². The van der Waals surface area contributed by atoms with E-state index in [1.165, 1.54) is 0 Å². The highest BCUT2D eigenvalue weighted by molar-refractivity contribution is 5.59. The molecule has 1 aromatic rings. The first kappa shape index (κ1) is 13.7. The van der Waals surface area contributed by atoms with Gasteiger partial charge in [0.1, 0.15) is 5.75 Å². The van der Waals surface area contributed by atoms with Crippen LogP contribution >= 0.6 is 0 Å². The topological polar surface area (TPSA) is 39.5 Å². The van der Waals surface area contributed by atoms with Crippen LogP contribution in [0.2, 0.25) is 0 Å². The largest absolute Gasteiger partial charge is 0.495 e. The Bertz CT molecular complexity index is 455. The Balaban J connectivity index is 2.30. The molecule has 4 nitrogen and oxygen atoms in total. The number of benzene rings is 1. The molecule has 102 valence electrons. The quantitative estimate of drug-likeness (QED) is 0.833. The molecule has 1 fully saturated rings. The van der Waals surface area contributed by atoms with E-state index in [-0.39, 0.29) is 6.04 Å². The van der Waals surface area contributed by atoms with E-state index >= 15 is 0 Å². The van der Waals surface area contributed by atoms with Gasteiger partial charge < -0.3 is 14.5 Å². The monoisotopic (exact) mass is 259 g/mol. The van der Waals surface area contributed by atoms with E-state index in [1.807, 2.05) is 18.2 Å². The summed E-state index contributed by atoms with van der Waals surface area (Å²) in [6.45, 7) is 2.97. The Morgan fingerprint density at radius 1 is 1.37 bits per heavy atom. The Labute approximate surface area is 115 Å². The number of nitrogens with zero attached hydrogens (tertiary/aromatic N) is 3. The minimum absolute atomic E-state index is 0.230. The molecular formula is C15H21N3O.